The molecule has 0 bridgehead atoms. The van der Waals surface area contributed by atoms with Crippen molar-refractivity contribution < 1.29 is 27.2 Å². The summed E-state index contributed by atoms with van der Waals surface area (Å²) < 4.78 is 45.4. The van der Waals surface area contributed by atoms with Gasteiger partial charge in [-0.05, 0) is 42.5 Å². The number of hydrogen-bond donors (Lipinski definition) is 2. The molecule has 0 radical (unpaired) electrons. The van der Waals surface area contributed by atoms with Crippen LogP contribution < -0.4 is 10.6 Å². The fourth-order valence-corrected chi connectivity index (χ4v) is 3.50. The first-order valence-electron chi connectivity index (χ1n) is 8.47. The monoisotopic (exact) mass is 454 g/mol. The molecular weight excluding hydrogens is 441 g/mol. The highest BCUT2D eigenvalue weighted by Crippen LogP contribution is 2.37. The minimum atomic E-state index is -4.75. The Morgan fingerprint density at radius 2 is 1.80 bits per heavy atom. The van der Waals surface area contributed by atoms with E-state index < -0.39 is 29.2 Å². The normalized spacial score (nSPS) is 11.2. The summed E-state index contributed by atoms with van der Waals surface area (Å²) in [5.41, 5.74) is -1.59. The van der Waals surface area contributed by atoms with E-state index in [1.165, 1.54) is 24.5 Å². The fourth-order valence-electron chi connectivity index (χ4n) is 2.46. The Bertz CT molecular complexity index is 1060. The van der Waals surface area contributed by atoms with Crippen LogP contribution in [-0.4, -0.2) is 17.6 Å². The van der Waals surface area contributed by atoms with E-state index in [2.05, 4.69) is 10.6 Å². The van der Waals surface area contributed by atoms with Crippen molar-refractivity contribution in [2.75, 3.05) is 16.4 Å². The van der Waals surface area contributed by atoms with Gasteiger partial charge in [0.2, 0.25) is 5.91 Å². The first-order chi connectivity index (χ1) is 14.2. The standard InChI is InChI=1S/C20H14ClF3N2O3S/c21-14-4-1-2-6-17(14)30-11-18(27)26-15-8-7-12(10-13(15)20(22,23)24)25-19(28)16-5-3-9-29-16/h1-10H,11H2,(H,25,28)(H,26,27). The number of furan rings is 1. The molecule has 1 aromatic heterocycles. The van der Waals surface area contributed by atoms with E-state index in [1.54, 1.807) is 24.3 Å². The molecule has 0 saturated carbocycles. The van der Waals surface area contributed by atoms with Gasteiger partial charge in [0.1, 0.15) is 0 Å². The molecule has 1 heterocycles. The zero-order chi connectivity index (χ0) is 21.7. The van der Waals surface area contributed by atoms with Crippen molar-refractivity contribution in [1.82, 2.24) is 0 Å². The number of carbonyl (C=O) groups excluding carboxylic acids is 2. The Labute approximate surface area is 178 Å². The zero-order valence-electron chi connectivity index (χ0n) is 15.1. The molecule has 3 rings (SSSR count). The minimum absolute atomic E-state index is 0.0439. The van der Waals surface area contributed by atoms with Crippen molar-refractivity contribution in [1.29, 1.82) is 0 Å². The number of anilines is 2. The van der Waals surface area contributed by atoms with Crippen LogP contribution in [0.2, 0.25) is 5.02 Å². The Balaban J connectivity index is 1.73. The summed E-state index contributed by atoms with van der Waals surface area (Å²) in [6.07, 6.45) is -3.47. The van der Waals surface area contributed by atoms with Gasteiger partial charge in [-0.2, -0.15) is 13.2 Å². The molecule has 2 amide bonds. The van der Waals surface area contributed by atoms with Gasteiger partial charge in [0.25, 0.3) is 5.91 Å². The summed E-state index contributed by atoms with van der Waals surface area (Å²) in [5.74, 6) is -1.49. The third kappa shape index (κ3) is 5.58. The van der Waals surface area contributed by atoms with Gasteiger partial charge in [-0.1, -0.05) is 23.7 Å². The van der Waals surface area contributed by atoms with Crippen LogP contribution in [0.25, 0.3) is 0 Å². The van der Waals surface area contributed by atoms with Gasteiger partial charge in [0, 0.05) is 10.6 Å². The molecule has 10 heteroatoms. The van der Waals surface area contributed by atoms with Gasteiger partial charge in [-0.3, -0.25) is 9.59 Å². The Hall–Kier alpha value is -2.91. The number of halogens is 4. The van der Waals surface area contributed by atoms with E-state index in [0.717, 1.165) is 23.9 Å². The first-order valence-corrected chi connectivity index (χ1v) is 9.83. The molecule has 0 aliphatic rings. The molecule has 0 atom stereocenters. The number of hydrogen-bond acceptors (Lipinski definition) is 4. The van der Waals surface area contributed by atoms with Crippen LogP contribution in [0.1, 0.15) is 16.1 Å². The second kappa shape index (κ2) is 9.27. The van der Waals surface area contributed by atoms with Crippen molar-refractivity contribution >= 4 is 46.6 Å². The summed E-state index contributed by atoms with van der Waals surface area (Å²) >= 11 is 7.11. The molecule has 2 N–H and O–H groups in total. The van der Waals surface area contributed by atoms with E-state index in [1.807, 2.05) is 0 Å². The Morgan fingerprint density at radius 3 is 2.47 bits per heavy atom. The predicted octanol–water partition coefficient (Wildman–Crippen LogP) is 5.93. The Morgan fingerprint density at radius 1 is 1.03 bits per heavy atom. The third-order valence-corrected chi connectivity index (χ3v) is 5.31. The summed E-state index contributed by atoms with van der Waals surface area (Å²) in [6.45, 7) is 0. The average Bonchev–Trinajstić information content (AvgIpc) is 3.23. The van der Waals surface area contributed by atoms with Crippen molar-refractivity contribution in [3.8, 4) is 0 Å². The van der Waals surface area contributed by atoms with E-state index in [-0.39, 0.29) is 17.2 Å². The predicted molar refractivity (Wildman–Crippen MR) is 109 cm³/mol. The van der Waals surface area contributed by atoms with Gasteiger partial charge < -0.3 is 15.1 Å². The van der Waals surface area contributed by atoms with Gasteiger partial charge >= 0.3 is 6.18 Å². The largest absolute Gasteiger partial charge is 0.459 e. The SMILES string of the molecule is O=C(CSc1ccccc1Cl)Nc1ccc(NC(=O)c2ccco2)cc1C(F)(F)F. The van der Waals surface area contributed by atoms with Crippen LogP contribution in [0.15, 0.2) is 70.2 Å². The molecular formula is C20H14ClF3N2O3S. The summed E-state index contributed by atoms with van der Waals surface area (Å²) in [5, 5.41) is 5.03. The van der Waals surface area contributed by atoms with Gasteiger partial charge in [-0.15, -0.1) is 11.8 Å². The van der Waals surface area contributed by atoms with Crippen molar-refractivity contribution in [2.45, 2.75) is 11.1 Å². The molecule has 156 valence electrons. The molecule has 30 heavy (non-hydrogen) atoms. The third-order valence-electron chi connectivity index (χ3n) is 3.80. The maximum atomic E-state index is 13.5. The fraction of sp³-hybridized carbons (Fsp3) is 0.100. The lowest BCUT2D eigenvalue weighted by molar-refractivity contribution is -0.136. The molecule has 0 saturated heterocycles. The number of amides is 2. The average molecular weight is 455 g/mol. The molecule has 0 aliphatic carbocycles. The van der Waals surface area contributed by atoms with Crippen LogP contribution in [-0.2, 0) is 11.0 Å². The Kier molecular flexibility index (Phi) is 6.73. The van der Waals surface area contributed by atoms with Gasteiger partial charge in [-0.25, -0.2) is 0 Å². The number of carbonyl (C=O) groups is 2. The molecule has 0 unspecified atom stereocenters. The maximum Gasteiger partial charge on any atom is 0.418 e. The minimum Gasteiger partial charge on any atom is -0.459 e. The number of nitrogens with one attached hydrogen (secondary N) is 2. The van der Waals surface area contributed by atoms with Gasteiger partial charge in [0.15, 0.2) is 5.76 Å². The van der Waals surface area contributed by atoms with E-state index >= 15 is 0 Å². The molecule has 3 aromatic rings. The molecule has 0 spiro atoms. The van der Waals surface area contributed by atoms with Crippen LogP contribution in [0, 0.1) is 0 Å². The lowest BCUT2D eigenvalue weighted by Gasteiger charge is -2.15. The molecule has 0 fully saturated rings. The smallest absolute Gasteiger partial charge is 0.418 e. The van der Waals surface area contributed by atoms with Crippen LogP contribution in [0.5, 0.6) is 0 Å². The highest BCUT2D eigenvalue weighted by Gasteiger charge is 2.34. The van der Waals surface area contributed by atoms with Crippen molar-refractivity contribution in [2.24, 2.45) is 0 Å². The summed E-state index contributed by atoms with van der Waals surface area (Å²) in [7, 11) is 0. The van der Waals surface area contributed by atoms with Crippen LogP contribution >= 0.6 is 23.4 Å². The molecule has 5 nitrogen and oxygen atoms in total. The van der Waals surface area contributed by atoms with Crippen molar-refractivity contribution in [3.05, 3.63) is 77.2 Å². The summed E-state index contributed by atoms with van der Waals surface area (Å²) in [4.78, 5) is 24.8. The van der Waals surface area contributed by atoms with Crippen LogP contribution in [0.4, 0.5) is 24.5 Å². The topological polar surface area (TPSA) is 71.3 Å². The highest BCUT2D eigenvalue weighted by atomic mass is 35.5. The zero-order valence-corrected chi connectivity index (χ0v) is 16.7. The number of alkyl halides is 3. The summed E-state index contributed by atoms with van der Waals surface area (Å²) in [6, 6.07) is 12.8. The molecule has 0 aliphatic heterocycles. The van der Waals surface area contributed by atoms with E-state index in [0.29, 0.717) is 9.92 Å². The number of rotatable bonds is 6. The number of thioether (sulfide) groups is 1. The second-order valence-corrected chi connectivity index (χ2v) is 7.38. The van der Waals surface area contributed by atoms with E-state index in [4.69, 9.17) is 16.0 Å². The highest BCUT2D eigenvalue weighted by molar-refractivity contribution is 8.00. The lowest BCUT2D eigenvalue weighted by Crippen LogP contribution is -2.19. The second-order valence-electron chi connectivity index (χ2n) is 5.96. The number of benzene rings is 2. The first kappa shape index (κ1) is 21.8. The van der Waals surface area contributed by atoms with Gasteiger partial charge in [0.05, 0.1) is 28.3 Å². The quantitative estimate of drug-likeness (QED) is 0.452. The van der Waals surface area contributed by atoms with Crippen molar-refractivity contribution in [3.63, 3.8) is 0 Å². The molecule has 2 aromatic carbocycles. The van der Waals surface area contributed by atoms with E-state index in [9.17, 15) is 22.8 Å². The lowest BCUT2D eigenvalue weighted by atomic mass is 10.1. The van der Waals surface area contributed by atoms with Crippen LogP contribution in [0.3, 0.4) is 0 Å². The maximum absolute atomic E-state index is 13.5.